The van der Waals surface area contributed by atoms with Crippen LogP contribution in [0.3, 0.4) is 0 Å². The van der Waals surface area contributed by atoms with Crippen molar-refractivity contribution in [3.63, 3.8) is 0 Å². The Morgan fingerprint density at radius 3 is 2.60 bits per heavy atom. The summed E-state index contributed by atoms with van der Waals surface area (Å²) >= 11 is 0. The van der Waals surface area contributed by atoms with Crippen molar-refractivity contribution < 1.29 is 23.5 Å². The third-order valence-corrected chi connectivity index (χ3v) is 12.7. The highest BCUT2D eigenvalue weighted by molar-refractivity contribution is 6.74. The van der Waals surface area contributed by atoms with Crippen molar-refractivity contribution in [2.24, 2.45) is 11.3 Å². The molecule has 2 aliphatic carbocycles. The SMILES string of the molecule is CC(C)(C)[Si](C)(C)OCCCN1C(=O)CC[C@@]23CC4(C[C@@H]2C(=O)CC=C13)OCCO4. The van der Waals surface area contributed by atoms with E-state index >= 15 is 0 Å². The van der Waals surface area contributed by atoms with E-state index in [-0.39, 0.29) is 28.1 Å². The highest BCUT2D eigenvalue weighted by Crippen LogP contribution is 2.62. The molecule has 2 spiro atoms. The quantitative estimate of drug-likeness (QED) is 0.482. The van der Waals surface area contributed by atoms with Gasteiger partial charge in [0.2, 0.25) is 5.91 Å². The van der Waals surface area contributed by atoms with Gasteiger partial charge in [-0.3, -0.25) is 9.59 Å². The van der Waals surface area contributed by atoms with Crippen LogP contribution in [0.25, 0.3) is 0 Å². The minimum atomic E-state index is -1.79. The van der Waals surface area contributed by atoms with Gasteiger partial charge in [-0.1, -0.05) is 26.8 Å². The molecule has 2 atom stereocenters. The summed E-state index contributed by atoms with van der Waals surface area (Å²) in [5, 5.41) is 0.178. The lowest BCUT2D eigenvalue weighted by Crippen LogP contribution is -2.50. The fourth-order valence-electron chi connectivity index (χ4n) is 5.51. The molecule has 1 saturated carbocycles. The van der Waals surface area contributed by atoms with E-state index in [2.05, 4.69) is 33.9 Å². The first-order chi connectivity index (χ1) is 14.0. The zero-order valence-corrected chi connectivity index (χ0v) is 20.2. The monoisotopic (exact) mass is 435 g/mol. The second-order valence-electron chi connectivity index (χ2n) is 11.0. The number of carbonyl (C=O) groups excluding carboxylic acids is 2. The first kappa shape index (κ1) is 22.2. The first-order valence-corrected chi connectivity index (χ1v) is 14.4. The van der Waals surface area contributed by atoms with E-state index < -0.39 is 14.1 Å². The number of nitrogens with zero attached hydrogens (tertiary/aromatic N) is 1. The van der Waals surface area contributed by atoms with Crippen molar-refractivity contribution >= 4 is 20.0 Å². The van der Waals surface area contributed by atoms with Gasteiger partial charge in [-0.05, 0) is 31.0 Å². The van der Waals surface area contributed by atoms with Crippen LogP contribution in [0.4, 0.5) is 0 Å². The molecule has 0 aromatic heterocycles. The Morgan fingerprint density at radius 1 is 1.23 bits per heavy atom. The van der Waals surface area contributed by atoms with Gasteiger partial charge in [0.1, 0.15) is 5.78 Å². The second-order valence-corrected chi connectivity index (χ2v) is 15.8. The number of ether oxygens (including phenoxy) is 2. The summed E-state index contributed by atoms with van der Waals surface area (Å²) in [4.78, 5) is 27.7. The van der Waals surface area contributed by atoms with Crippen molar-refractivity contribution in [1.29, 1.82) is 0 Å². The zero-order chi connectivity index (χ0) is 21.8. The van der Waals surface area contributed by atoms with Crippen LogP contribution >= 0.6 is 0 Å². The van der Waals surface area contributed by atoms with Crippen molar-refractivity contribution in [3.05, 3.63) is 11.8 Å². The fraction of sp³-hybridized carbons (Fsp3) is 0.826. The van der Waals surface area contributed by atoms with Crippen molar-refractivity contribution in [2.45, 2.75) is 83.2 Å². The Hall–Kier alpha value is -1.02. The maximum absolute atomic E-state index is 12.9. The number of piperidine rings is 1. The van der Waals surface area contributed by atoms with E-state index in [0.717, 1.165) is 18.5 Å². The van der Waals surface area contributed by atoms with Crippen LogP contribution in [-0.2, 0) is 23.5 Å². The summed E-state index contributed by atoms with van der Waals surface area (Å²) < 4.78 is 18.3. The molecule has 168 valence electrons. The zero-order valence-electron chi connectivity index (χ0n) is 19.2. The topological polar surface area (TPSA) is 65.1 Å². The maximum Gasteiger partial charge on any atom is 0.226 e. The highest BCUT2D eigenvalue weighted by Gasteiger charge is 2.64. The van der Waals surface area contributed by atoms with Crippen LogP contribution in [-0.4, -0.2) is 57.1 Å². The van der Waals surface area contributed by atoms with Crippen LogP contribution < -0.4 is 0 Å². The summed E-state index contributed by atoms with van der Waals surface area (Å²) in [5.74, 6) is -0.303. The number of rotatable bonds is 5. The van der Waals surface area contributed by atoms with Gasteiger partial charge >= 0.3 is 0 Å². The number of likely N-dealkylation sites (tertiary alicyclic amines) is 1. The van der Waals surface area contributed by atoms with Gasteiger partial charge in [-0.2, -0.15) is 0 Å². The minimum absolute atomic E-state index is 0.102. The minimum Gasteiger partial charge on any atom is -0.417 e. The molecular formula is C23H37NO5Si. The van der Waals surface area contributed by atoms with Crippen LogP contribution in [0.1, 0.15) is 59.3 Å². The van der Waals surface area contributed by atoms with Crippen molar-refractivity contribution in [3.8, 4) is 0 Å². The van der Waals surface area contributed by atoms with E-state index in [0.29, 0.717) is 52.0 Å². The molecule has 4 rings (SSSR count). The van der Waals surface area contributed by atoms with Gasteiger partial charge in [0.05, 0.1) is 13.2 Å². The summed E-state index contributed by atoms with van der Waals surface area (Å²) in [5.41, 5.74) is 0.736. The van der Waals surface area contributed by atoms with Gasteiger partial charge in [0, 0.05) is 55.9 Å². The van der Waals surface area contributed by atoms with E-state index in [1.807, 2.05) is 11.0 Å². The smallest absolute Gasteiger partial charge is 0.226 e. The lowest BCUT2D eigenvalue weighted by atomic mass is 9.64. The molecule has 0 N–H and O–H groups in total. The fourth-order valence-corrected chi connectivity index (χ4v) is 6.60. The summed E-state index contributed by atoms with van der Waals surface area (Å²) in [6.45, 7) is 13.7. The molecule has 1 amide bonds. The summed E-state index contributed by atoms with van der Waals surface area (Å²) in [6.07, 6.45) is 5.75. The molecule has 0 radical (unpaired) electrons. The average Bonchev–Trinajstić information content (AvgIpc) is 3.25. The number of carbonyl (C=O) groups is 2. The Bertz CT molecular complexity index is 749. The summed E-state index contributed by atoms with van der Waals surface area (Å²) in [7, 11) is -1.79. The average molecular weight is 436 g/mol. The first-order valence-electron chi connectivity index (χ1n) is 11.5. The predicted molar refractivity (Wildman–Crippen MR) is 116 cm³/mol. The lowest BCUT2D eigenvalue weighted by Gasteiger charge is -2.48. The highest BCUT2D eigenvalue weighted by atomic mass is 28.4. The third-order valence-electron chi connectivity index (χ3n) is 8.15. The Kier molecular flexibility index (Phi) is 5.57. The van der Waals surface area contributed by atoms with Crippen LogP contribution in [0, 0.1) is 11.3 Å². The van der Waals surface area contributed by atoms with Gasteiger partial charge in [0.15, 0.2) is 14.1 Å². The molecule has 0 aromatic rings. The van der Waals surface area contributed by atoms with Crippen LogP contribution in [0.15, 0.2) is 11.8 Å². The second kappa shape index (κ2) is 7.54. The molecule has 3 fully saturated rings. The summed E-state index contributed by atoms with van der Waals surface area (Å²) in [6, 6.07) is 0. The number of Topliss-reactive ketones (excluding diaryl/α,β-unsaturated/α-hetero) is 1. The molecule has 2 aliphatic heterocycles. The number of ketones is 1. The maximum atomic E-state index is 12.9. The van der Waals surface area contributed by atoms with E-state index in [1.54, 1.807) is 0 Å². The number of hydrogen-bond acceptors (Lipinski definition) is 5. The number of allylic oxidation sites excluding steroid dienone is 2. The Labute approximate surface area is 181 Å². The largest absolute Gasteiger partial charge is 0.417 e. The predicted octanol–water partition coefficient (Wildman–Crippen LogP) is 4.02. The van der Waals surface area contributed by atoms with Gasteiger partial charge in [-0.25, -0.2) is 0 Å². The molecule has 2 heterocycles. The number of amides is 1. The lowest BCUT2D eigenvalue weighted by molar-refractivity contribution is -0.159. The molecule has 7 heteroatoms. The van der Waals surface area contributed by atoms with Crippen molar-refractivity contribution in [1.82, 2.24) is 4.90 Å². The normalized spacial score (nSPS) is 31.2. The van der Waals surface area contributed by atoms with E-state index in [4.69, 9.17) is 13.9 Å². The molecule has 4 aliphatic rings. The van der Waals surface area contributed by atoms with Gasteiger partial charge in [-0.15, -0.1) is 0 Å². The van der Waals surface area contributed by atoms with Gasteiger partial charge in [0.25, 0.3) is 0 Å². The molecule has 0 bridgehead atoms. The van der Waals surface area contributed by atoms with E-state index in [1.165, 1.54) is 0 Å². The van der Waals surface area contributed by atoms with Crippen LogP contribution in [0.5, 0.6) is 0 Å². The van der Waals surface area contributed by atoms with Crippen molar-refractivity contribution in [2.75, 3.05) is 26.4 Å². The molecule has 30 heavy (non-hydrogen) atoms. The molecule has 0 unspecified atom stereocenters. The Balaban J connectivity index is 1.48. The Morgan fingerprint density at radius 2 is 1.93 bits per heavy atom. The molecular weight excluding hydrogens is 398 g/mol. The molecule has 2 saturated heterocycles. The van der Waals surface area contributed by atoms with Crippen LogP contribution in [0.2, 0.25) is 18.1 Å². The standard InChI is InChI=1S/C23H37NO5Si/c1-21(2,3)30(4,5)29-12-6-11-24-19-8-7-18(25)17-15-23(27-13-14-28-23)16-22(17,19)10-9-20(24)26/h8,17H,6-7,9-16H2,1-5H3/t17-,22-/m1/s1. The van der Waals surface area contributed by atoms with Gasteiger partial charge < -0.3 is 18.8 Å². The molecule has 6 nitrogen and oxygen atoms in total. The molecule has 0 aromatic carbocycles. The number of hydrogen-bond donors (Lipinski definition) is 0. The third kappa shape index (κ3) is 3.61. The van der Waals surface area contributed by atoms with E-state index in [9.17, 15) is 9.59 Å².